The van der Waals surface area contributed by atoms with Crippen molar-refractivity contribution < 1.29 is 9.47 Å². The van der Waals surface area contributed by atoms with Crippen molar-refractivity contribution in [1.82, 2.24) is 0 Å². The molecule has 1 aliphatic rings. The maximum atomic E-state index is 5.21. The lowest BCUT2D eigenvalue weighted by molar-refractivity contribution is -0.0315. The molecule has 1 atom stereocenters. The van der Waals surface area contributed by atoms with Gasteiger partial charge in [0.2, 0.25) is 0 Å². The van der Waals surface area contributed by atoms with Crippen LogP contribution in [0.25, 0.3) is 0 Å². The van der Waals surface area contributed by atoms with Crippen LogP contribution >= 0.6 is 21.6 Å². The molecule has 0 radical (unpaired) electrons. The predicted octanol–water partition coefficient (Wildman–Crippen LogP) is 2.93. The van der Waals surface area contributed by atoms with Gasteiger partial charge in [0.1, 0.15) is 6.79 Å². The predicted molar refractivity (Wildman–Crippen MR) is 60.1 cm³/mol. The topological polar surface area (TPSA) is 18.5 Å². The van der Waals surface area contributed by atoms with E-state index >= 15 is 0 Å². The molecule has 0 saturated carbocycles. The van der Waals surface area contributed by atoms with E-state index in [9.17, 15) is 0 Å². The molecular formula is C9H18O2S2. The molecule has 0 N–H and O–H groups in total. The van der Waals surface area contributed by atoms with Crippen molar-refractivity contribution >= 4 is 21.6 Å². The second kappa shape index (κ2) is 7.97. The van der Waals surface area contributed by atoms with E-state index in [1.807, 2.05) is 10.8 Å². The Hall–Kier alpha value is 0.620. The summed E-state index contributed by atoms with van der Waals surface area (Å²) in [6, 6.07) is 0. The fraction of sp³-hybridized carbons (Fsp3) is 1.00. The van der Waals surface area contributed by atoms with E-state index in [4.69, 9.17) is 9.47 Å². The molecule has 0 spiro atoms. The molecule has 0 aliphatic carbocycles. The second-order valence-corrected chi connectivity index (χ2v) is 5.93. The summed E-state index contributed by atoms with van der Waals surface area (Å²) in [4.78, 5) is 0. The minimum Gasteiger partial charge on any atom is -0.359 e. The lowest BCUT2D eigenvalue weighted by Crippen LogP contribution is -2.01. The molecule has 1 fully saturated rings. The van der Waals surface area contributed by atoms with Gasteiger partial charge in [-0.15, -0.1) is 0 Å². The van der Waals surface area contributed by atoms with Gasteiger partial charge in [-0.3, -0.25) is 0 Å². The van der Waals surface area contributed by atoms with Crippen LogP contribution in [0.2, 0.25) is 0 Å². The van der Waals surface area contributed by atoms with Gasteiger partial charge in [0.25, 0.3) is 0 Å². The Kier molecular flexibility index (Phi) is 7.17. The Morgan fingerprint density at radius 1 is 1.38 bits per heavy atom. The number of unbranched alkanes of at least 4 members (excludes halogenated alkanes) is 1. The molecule has 2 nitrogen and oxygen atoms in total. The molecule has 0 aromatic carbocycles. The van der Waals surface area contributed by atoms with Crippen LogP contribution in [0.3, 0.4) is 0 Å². The van der Waals surface area contributed by atoms with Crippen LogP contribution in [0, 0.1) is 0 Å². The number of methoxy groups -OCH3 is 1. The summed E-state index contributed by atoms with van der Waals surface area (Å²) in [5, 5.41) is 0.910. The zero-order valence-electron chi connectivity index (χ0n) is 8.16. The highest BCUT2D eigenvalue weighted by molar-refractivity contribution is 8.77. The van der Waals surface area contributed by atoms with Crippen LogP contribution in [0.5, 0.6) is 0 Å². The van der Waals surface area contributed by atoms with Crippen LogP contribution in [0.4, 0.5) is 0 Å². The third-order valence-corrected chi connectivity index (χ3v) is 5.00. The second-order valence-electron chi connectivity index (χ2n) is 3.14. The number of hydrogen-bond donors (Lipinski definition) is 0. The maximum Gasteiger partial charge on any atom is 0.146 e. The Labute approximate surface area is 88.5 Å². The summed E-state index contributed by atoms with van der Waals surface area (Å²) in [6.45, 7) is 1.28. The third-order valence-electron chi connectivity index (χ3n) is 1.99. The van der Waals surface area contributed by atoms with Crippen LogP contribution in [0.15, 0.2) is 0 Å². The summed E-state index contributed by atoms with van der Waals surface area (Å²) >= 11 is 0. The van der Waals surface area contributed by atoms with E-state index in [0.29, 0.717) is 6.79 Å². The van der Waals surface area contributed by atoms with Gasteiger partial charge in [0.05, 0.1) is 0 Å². The molecule has 1 rings (SSSR count). The first-order valence-corrected chi connectivity index (χ1v) is 7.16. The molecule has 0 aromatic heterocycles. The Balaban J connectivity index is 1.78. The van der Waals surface area contributed by atoms with E-state index in [2.05, 4.69) is 10.8 Å². The number of hydrogen-bond acceptors (Lipinski definition) is 4. The van der Waals surface area contributed by atoms with Gasteiger partial charge >= 0.3 is 0 Å². The summed E-state index contributed by atoms with van der Waals surface area (Å²) in [6.07, 6.45) is 5.22. The normalized spacial score (nSPS) is 22.4. The summed E-state index contributed by atoms with van der Waals surface area (Å²) in [5.74, 6) is 1.34. The van der Waals surface area contributed by atoms with E-state index in [-0.39, 0.29) is 0 Å². The summed E-state index contributed by atoms with van der Waals surface area (Å²) in [5.41, 5.74) is 0. The van der Waals surface area contributed by atoms with Crippen molar-refractivity contribution in [2.24, 2.45) is 0 Å². The molecule has 4 heteroatoms. The molecule has 0 amide bonds. The first-order valence-electron chi connectivity index (χ1n) is 4.78. The molecule has 1 saturated heterocycles. The molecule has 0 bridgehead atoms. The monoisotopic (exact) mass is 222 g/mol. The van der Waals surface area contributed by atoms with Gasteiger partial charge in [0.15, 0.2) is 0 Å². The fourth-order valence-corrected chi connectivity index (χ4v) is 4.31. The van der Waals surface area contributed by atoms with Crippen molar-refractivity contribution in [3.05, 3.63) is 0 Å². The first kappa shape index (κ1) is 11.7. The summed E-state index contributed by atoms with van der Waals surface area (Å²) < 4.78 is 10.0. The smallest absolute Gasteiger partial charge is 0.146 e. The fourth-order valence-electron chi connectivity index (χ4n) is 1.28. The molecule has 1 heterocycles. The quantitative estimate of drug-likeness (QED) is 0.374. The summed E-state index contributed by atoms with van der Waals surface area (Å²) in [7, 11) is 5.74. The maximum absolute atomic E-state index is 5.21. The highest BCUT2D eigenvalue weighted by Crippen LogP contribution is 2.39. The molecule has 1 unspecified atom stereocenters. The lowest BCUT2D eigenvalue weighted by Gasteiger charge is -2.06. The van der Waals surface area contributed by atoms with Crippen LogP contribution in [-0.4, -0.2) is 31.5 Å². The van der Waals surface area contributed by atoms with Crippen molar-refractivity contribution in [3.63, 3.8) is 0 Å². The molecule has 78 valence electrons. The van der Waals surface area contributed by atoms with Crippen molar-refractivity contribution in [2.45, 2.75) is 30.9 Å². The lowest BCUT2D eigenvalue weighted by atomic mass is 10.1. The van der Waals surface area contributed by atoms with E-state index < -0.39 is 0 Å². The SMILES string of the molecule is COCOCCCCC1CCSS1. The van der Waals surface area contributed by atoms with E-state index in [1.54, 1.807) is 7.11 Å². The van der Waals surface area contributed by atoms with Crippen molar-refractivity contribution in [2.75, 3.05) is 26.3 Å². The number of ether oxygens (including phenoxy) is 2. The van der Waals surface area contributed by atoms with Crippen LogP contribution < -0.4 is 0 Å². The molecular weight excluding hydrogens is 204 g/mol. The van der Waals surface area contributed by atoms with Gasteiger partial charge in [-0.25, -0.2) is 0 Å². The Morgan fingerprint density at radius 2 is 2.31 bits per heavy atom. The zero-order chi connectivity index (χ0) is 9.36. The minimum absolute atomic E-state index is 0.439. The average Bonchev–Trinajstić information content (AvgIpc) is 2.63. The third kappa shape index (κ3) is 5.83. The molecule has 0 aromatic rings. The van der Waals surface area contributed by atoms with Gasteiger partial charge in [-0.1, -0.05) is 28.0 Å². The molecule has 13 heavy (non-hydrogen) atoms. The highest BCUT2D eigenvalue weighted by atomic mass is 33.1. The van der Waals surface area contributed by atoms with Crippen LogP contribution in [0.1, 0.15) is 25.7 Å². The Bertz CT molecular complexity index is 116. The first-order chi connectivity index (χ1) is 6.43. The van der Waals surface area contributed by atoms with E-state index in [1.165, 1.54) is 31.4 Å². The largest absolute Gasteiger partial charge is 0.359 e. The molecule has 1 aliphatic heterocycles. The highest BCUT2D eigenvalue weighted by Gasteiger charge is 2.15. The standard InChI is InChI=1S/C9H18O2S2/c1-10-8-11-6-3-2-4-9-5-7-12-13-9/h9H,2-8H2,1H3. The van der Waals surface area contributed by atoms with Crippen LogP contribution in [-0.2, 0) is 9.47 Å². The van der Waals surface area contributed by atoms with Gasteiger partial charge in [-0.2, -0.15) is 0 Å². The number of rotatable bonds is 7. The Morgan fingerprint density at radius 3 is 3.00 bits per heavy atom. The van der Waals surface area contributed by atoms with Crippen molar-refractivity contribution in [1.29, 1.82) is 0 Å². The van der Waals surface area contributed by atoms with Crippen molar-refractivity contribution in [3.8, 4) is 0 Å². The van der Waals surface area contributed by atoms with Gasteiger partial charge in [0, 0.05) is 24.7 Å². The average molecular weight is 222 g/mol. The van der Waals surface area contributed by atoms with Gasteiger partial charge in [-0.05, 0) is 19.3 Å². The minimum atomic E-state index is 0.439. The zero-order valence-corrected chi connectivity index (χ0v) is 9.79. The van der Waals surface area contributed by atoms with E-state index in [0.717, 1.165) is 11.9 Å². The van der Waals surface area contributed by atoms with Gasteiger partial charge < -0.3 is 9.47 Å².